The van der Waals surface area contributed by atoms with Gasteiger partial charge in [0, 0.05) is 12.4 Å². The average molecular weight is 271 g/mol. The maximum absolute atomic E-state index is 13.1. The number of aryl methyl sites for hydroxylation is 2. The molecule has 0 unspecified atom stereocenters. The van der Waals surface area contributed by atoms with Crippen molar-refractivity contribution < 1.29 is 23.1 Å². The highest BCUT2D eigenvalue weighted by atomic mass is 19.4. The molecular formula is C13H12F3NO2. The number of carboxylic acid groups (broad SMARTS) is 1. The quantitative estimate of drug-likeness (QED) is 0.908. The fourth-order valence-electron chi connectivity index (χ4n) is 2.43. The molecule has 2 aromatic rings. The molecule has 6 heteroatoms. The predicted octanol–water partition coefficient (Wildman–Crippen LogP) is 3.46. The third-order valence-corrected chi connectivity index (χ3v) is 3.16. The normalized spacial score (nSPS) is 12.1. The maximum Gasteiger partial charge on any atom is 0.432 e. The second-order valence-electron chi connectivity index (χ2n) is 4.25. The summed E-state index contributed by atoms with van der Waals surface area (Å²) >= 11 is 0. The van der Waals surface area contributed by atoms with Gasteiger partial charge in [-0.1, -0.05) is 25.1 Å². The van der Waals surface area contributed by atoms with Crippen LogP contribution in [0.5, 0.6) is 0 Å². The first-order valence-electron chi connectivity index (χ1n) is 5.69. The van der Waals surface area contributed by atoms with Crippen LogP contribution in [-0.4, -0.2) is 15.6 Å². The van der Waals surface area contributed by atoms with Crippen molar-refractivity contribution in [3.05, 3.63) is 35.0 Å². The summed E-state index contributed by atoms with van der Waals surface area (Å²) in [5.41, 5.74) is -0.774. The van der Waals surface area contributed by atoms with E-state index in [1.54, 1.807) is 12.1 Å². The number of para-hydroxylation sites is 1. The van der Waals surface area contributed by atoms with E-state index in [1.165, 1.54) is 13.1 Å². The zero-order valence-electron chi connectivity index (χ0n) is 10.4. The number of halogens is 3. The number of carbonyl (C=O) groups is 1. The molecule has 0 atom stereocenters. The van der Waals surface area contributed by atoms with Crippen LogP contribution in [0.1, 0.15) is 28.5 Å². The molecule has 0 radical (unpaired) electrons. The van der Waals surface area contributed by atoms with Gasteiger partial charge in [0.05, 0.1) is 11.1 Å². The van der Waals surface area contributed by atoms with Crippen molar-refractivity contribution in [3.63, 3.8) is 0 Å². The number of rotatable bonds is 2. The highest BCUT2D eigenvalue weighted by Crippen LogP contribution is 2.38. The van der Waals surface area contributed by atoms with E-state index in [0.29, 0.717) is 17.5 Å². The molecule has 1 heterocycles. The molecule has 102 valence electrons. The standard InChI is InChI=1S/C13H12F3NO2/c1-3-7-5-4-6-8-9(12(18)19)11(13(14,15)16)17(2)10(7)8/h4-6H,3H2,1-2H3,(H,18,19). The van der Waals surface area contributed by atoms with Crippen LogP contribution in [-0.2, 0) is 19.6 Å². The van der Waals surface area contributed by atoms with E-state index in [9.17, 15) is 18.0 Å². The Bertz CT molecular complexity index is 656. The van der Waals surface area contributed by atoms with Crippen LogP contribution in [0.15, 0.2) is 18.2 Å². The lowest BCUT2D eigenvalue weighted by molar-refractivity contribution is -0.143. The van der Waals surface area contributed by atoms with Crippen molar-refractivity contribution in [2.75, 3.05) is 0 Å². The largest absolute Gasteiger partial charge is 0.478 e. The molecule has 0 aliphatic carbocycles. The molecule has 1 aromatic heterocycles. The lowest BCUT2D eigenvalue weighted by atomic mass is 10.1. The zero-order chi connectivity index (χ0) is 14.4. The number of aromatic nitrogens is 1. The van der Waals surface area contributed by atoms with Gasteiger partial charge in [0.15, 0.2) is 0 Å². The Morgan fingerprint density at radius 2 is 2.00 bits per heavy atom. The van der Waals surface area contributed by atoms with E-state index < -0.39 is 23.4 Å². The van der Waals surface area contributed by atoms with Crippen molar-refractivity contribution in [3.8, 4) is 0 Å². The molecule has 2 rings (SSSR count). The molecule has 0 aliphatic rings. The lowest BCUT2D eigenvalue weighted by Gasteiger charge is -2.10. The van der Waals surface area contributed by atoms with Gasteiger partial charge in [-0.25, -0.2) is 4.79 Å². The maximum atomic E-state index is 13.1. The number of alkyl halides is 3. The Morgan fingerprint density at radius 1 is 1.37 bits per heavy atom. The van der Waals surface area contributed by atoms with Crippen molar-refractivity contribution in [2.45, 2.75) is 19.5 Å². The van der Waals surface area contributed by atoms with E-state index in [2.05, 4.69) is 0 Å². The average Bonchev–Trinajstić information content (AvgIpc) is 2.62. The molecule has 0 saturated carbocycles. The monoisotopic (exact) mass is 271 g/mol. The predicted molar refractivity (Wildman–Crippen MR) is 64.3 cm³/mol. The Kier molecular flexibility index (Phi) is 3.04. The second kappa shape index (κ2) is 4.29. The fourth-order valence-corrected chi connectivity index (χ4v) is 2.43. The summed E-state index contributed by atoms with van der Waals surface area (Å²) in [6.07, 6.45) is -4.17. The van der Waals surface area contributed by atoms with E-state index in [0.717, 1.165) is 4.57 Å². The summed E-state index contributed by atoms with van der Waals surface area (Å²) in [4.78, 5) is 11.2. The van der Waals surface area contributed by atoms with E-state index in [4.69, 9.17) is 5.11 Å². The Labute approximate surface area is 107 Å². The Morgan fingerprint density at radius 3 is 2.47 bits per heavy atom. The van der Waals surface area contributed by atoms with Gasteiger partial charge in [-0.2, -0.15) is 13.2 Å². The number of aromatic carboxylic acids is 1. The highest BCUT2D eigenvalue weighted by Gasteiger charge is 2.40. The molecule has 0 bridgehead atoms. The van der Waals surface area contributed by atoms with Gasteiger partial charge in [-0.05, 0) is 12.0 Å². The minimum absolute atomic E-state index is 0.127. The summed E-state index contributed by atoms with van der Waals surface area (Å²) in [6.45, 7) is 1.81. The van der Waals surface area contributed by atoms with E-state index in [1.807, 2.05) is 6.92 Å². The molecule has 0 aliphatic heterocycles. The number of fused-ring (bicyclic) bond motifs is 1. The first-order valence-corrected chi connectivity index (χ1v) is 5.69. The van der Waals surface area contributed by atoms with E-state index >= 15 is 0 Å². The van der Waals surface area contributed by atoms with Crippen LogP contribution in [0.2, 0.25) is 0 Å². The van der Waals surface area contributed by atoms with Gasteiger partial charge < -0.3 is 9.67 Å². The first-order chi connectivity index (χ1) is 8.79. The zero-order valence-corrected chi connectivity index (χ0v) is 10.4. The second-order valence-corrected chi connectivity index (χ2v) is 4.25. The summed E-state index contributed by atoms with van der Waals surface area (Å²) in [6, 6.07) is 4.69. The smallest absolute Gasteiger partial charge is 0.432 e. The summed E-state index contributed by atoms with van der Waals surface area (Å²) in [5, 5.41) is 9.22. The molecule has 3 nitrogen and oxygen atoms in total. The van der Waals surface area contributed by atoms with Gasteiger partial charge in [0.2, 0.25) is 0 Å². The summed E-state index contributed by atoms with van der Waals surface area (Å²) in [5.74, 6) is -1.56. The Balaban J connectivity index is 3.00. The highest BCUT2D eigenvalue weighted by molar-refractivity contribution is 6.06. The Hall–Kier alpha value is -1.98. The van der Waals surface area contributed by atoms with Gasteiger partial charge in [-0.15, -0.1) is 0 Å². The van der Waals surface area contributed by atoms with E-state index in [-0.39, 0.29) is 5.39 Å². The topological polar surface area (TPSA) is 42.2 Å². The summed E-state index contributed by atoms with van der Waals surface area (Å²) in [7, 11) is 1.25. The minimum atomic E-state index is -4.70. The van der Waals surface area contributed by atoms with Crippen LogP contribution >= 0.6 is 0 Å². The molecule has 0 saturated heterocycles. The molecule has 0 amide bonds. The number of benzene rings is 1. The number of hydrogen-bond donors (Lipinski definition) is 1. The van der Waals surface area contributed by atoms with Gasteiger partial charge in [0.1, 0.15) is 5.69 Å². The first kappa shape index (κ1) is 13.5. The van der Waals surface area contributed by atoms with Crippen molar-refractivity contribution >= 4 is 16.9 Å². The minimum Gasteiger partial charge on any atom is -0.478 e. The molecule has 0 fully saturated rings. The molecular weight excluding hydrogens is 259 g/mol. The molecule has 1 N–H and O–H groups in total. The molecule has 0 spiro atoms. The number of hydrogen-bond acceptors (Lipinski definition) is 1. The van der Waals surface area contributed by atoms with Crippen LogP contribution in [0.25, 0.3) is 10.9 Å². The fraction of sp³-hybridized carbons (Fsp3) is 0.308. The SMILES string of the molecule is CCc1cccc2c(C(=O)O)c(C(F)(F)F)n(C)c12. The third kappa shape index (κ3) is 1.97. The summed E-state index contributed by atoms with van der Waals surface area (Å²) < 4.78 is 40.1. The van der Waals surface area contributed by atoms with Crippen molar-refractivity contribution in [2.24, 2.45) is 7.05 Å². The van der Waals surface area contributed by atoms with Gasteiger partial charge in [0.25, 0.3) is 0 Å². The molecule has 1 aromatic carbocycles. The molecule has 19 heavy (non-hydrogen) atoms. The number of carboxylic acids is 1. The van der Waals surface area contributed by atoms with Crippen LogP contribution in [0, 0.1) is 0 Å². The third-order valence-electron chi connectivity index (χ3n) is 3.16. The van der Waals surface area contributed by atoms with Crippen LogP contribution in [0.4, 0.5) is 13.2 Å². The lowest BCUT2D eigenvalue weighted by Crippen LogP contribution is -2.16. The van der Waals surface area contributed by atoms with Crippen molar-refractivity contribution in [1.82, 2.24) is 4.57 Å². The van der Waals surface area contributed by atoms with Gasteiger partial charge in [-0.3, -0.25) is 0 Å². The van der Waals surface area contributed by atoms with Crippen LogP contribution < -0.4 is 0 Å². The van der Waals surface area contributed by atoms with Crippen molar-refractivity contribution in [1.29, 1.82) is 0 Å². The number of nitrogens with zero attached hydrogens (tertiary/aromatic N) is 1. The van der Waals surface area contributed by atoms with Gasteiger partial charge >= 0.3 is 12.1 Å². The van der Waals surface area contributed by atoms with Crippen LogP contribution in [0.3, 0.4) is 0 Å².